The summed E-state index contributed by atoms with van der Waals surface area (Å²) in [5.41, 5.74) is 1.19. The second-order valence-corrected chi connectivity index (χ2v) is 7.90. The molecule has 2 heterocycles. The highest BCUT2D eigenvalue weighted by molar-refractivity contribution is 7.99. The lowest BCUT2D eigenvalue weighted by atomic mass is 10.1. The van der Waals surface area contributed by atoms with Gasteiger partial charge in [0.05, 0.1) is 5.75 Å². The number of aromatic nitrogens is 5. The molecule has 0 aliphatic heterocycles. The lowest BCUT2D eigenvalue weighted by molar-refractivity contribution is -0.113. The predicted molar refractivity (Wildman–Crippen MR) is 108 cm³/mol. The molecule has 27 heavy (non-hydrogen) atoms. The molecular weight excluding hydrogens is 380 g/mol. The highest BCUT2D eigenvalue weighted by atomic mass is 32.2. The van der Waals surface area contributed by atoms with Crippen LogP contribution in [0.25, 0.3) is 0 Å². The molecule has 0 unspecified atom stereocenters. The Hall–Kier alpha value is -2.26. The molecule has 7 nitrogen and oxygen atoms in total. The van der Waals surface area contributed by atoms with Crippen LogP contribution in [0.3, 0.4) is 0 Å². The molecule has 0 saturated heterocycles. The van der Waals surface area contributed by atoms with E-state index in [2.05, 4.69) is 56.3 Å². The van der Waals surface area contributed by atoms with Gasteiger partial charge in [-0.15, -0.1) is 20.4 Å². The highest BCUT2D eigenvalue weighted by Gasteiger charge is 2.14. The molecule has 0 fully saturated rings. The van der Waals surface area contributed by atoms with Crippen molar-refractivity contribution in [2.75, 3.05) is 11.1 Å². The van der Waals surface area contributed by atoms with E-state index in [0.29, 0.717) is 5.13 Å². The number of thioether (sulfide) groups is 1. The summed E-state index contributed by atoms with van der Waals surface area (Å²) in [6.07, 6.45) is 2.61. The van der Waals surface area contributed by atoms with Crippen LogP contribution in [0.2, 0.25) is 0 Å². The van der Waals surface area contributed by atoms with Crippen molar-refractivity contribution in [3.8, 4) is 0 Å². The van der Waals surface area contributed by atoms with Crippen LogP contribution in [0.1, 0.15) is 36.7 Å². The van der Waals surface area contributed by atoms with E-state index in [4.69, 9.17) is 0 Å². The largest absolute Gasteiger partial charge is 0.306 e. The van der Waals surface area contributed by atoms with Crippen molar-refractivity contribution in [3.05, 3.63) is 46.7 Å². The lowest BCUT2D eigenvalue weighted by Crippen LogP contribution is -2.14. The van der Waals surface area contributed by atoms with Gasteiger partial charge in [0.1, 0.15) is 10.8 Å². The minimum Gasteiger partial charge on any atom is -0.306 e. The van der Waals surface area contributed by atoms with Crippen LogP contribution in [0, 0.1) is 0 Å². The molecule has 0 aliphatic rings. The third-order valence-corrected chi connectivity index (χ3v) is 5.69. The van der Waals surface area contributed by atoms with Gasteiger partial charge < -0.3 is 4.57 Å². The van der Waals surface area contributed by atoms with Crippen molar-refractivity contribution in [1.29, 1.82) is 0 Å². The fourth-order valence-corrected chi connectivity index (χ4v) is 4.24. The number of benzene rings is 1. The van der Waals surface area contributed by atoms with Gasteiger partial charge in [-0.05, 0) is 18.9 Å². The number of aryl methyl sites for hydroxylation is 1. The SMILES string of the molecule is CCCc1nnc(NC(=O)CSc2nnc(Cc3ccccc3)n2CC)s1. The number of nitrogens with zero attached hydrogens (tertiary/aromatic N) is 5. The standard InChI is InChI=1S/C18H22N6OS2/c1-3-8-16-21-22-17(27-16)19-15(25)12-26-18-23-20-14(24(18)4-2)11-13-9-6-5-7-10-13/h5-7,9-10H,3-4,8,11-12H2,1-2H3,(H,19,22,25). The maximum Gasteiger partial charge on any atom is 0.236 e. The second-order valence-electron chi connectivity index (χ2n) is 5.89. The maximum absolute atomic E-state index is 12.2. The van der Waals surface area contributed by atoms with Crippen LogP contribution < -0.4 is 5.32 Å². The Bertz CT molecular complexity index is 877. The summed E-state index contributed by atoms with van der Waals surface area (Å²) >= 11 is 2.81. The molecule has 9 heteroatoms. The molecule has 2 aromatic heterocycles. The van der Waals surface area contributed by atoms with Crippen LogP contribution in [0.15, 0.2) is 35.5 Å². The molecule has 0 spiro atoms. The molecule has 0 bridgehead atoms. The first-order valence-electron chi connectivity index (χ1n) is 8.90. The minimum absolute atomic E-state index is 0.116. The van der Waals surface area contributed by atoms with Crippen molar-refractivity contribution in [2.45, 2.75) is 44.8 Å². The third kappa shape index (κ3) is 5.36. The number of rotatable bonds is 9. The molecule has 1 amide bonds. The van der Waals surface area contributed by atoms with Gasteiger partial charge in [-0.1, -0.05) is 60.4 Å². The van der Waals surface area contributed by atoms with E-state index in [1.165, 1.54) is 28.7 Å². The van der Waals surface area contributed by atoms with E-state index in [1.807, 2.05) is 18.2 Å². The number of hydrogen-bond donors (Lipinski definition) is 1. The summed E-state index contributed by atoms with van der Waals surface area (Å²) in [5.74, 6) is 1.04. The number of carbonyl (C=O) groups excluding carboxylic acids is 1. The number of amides is 1. The highest BCUT2D eigenvalue weighted by Crippen LogP contribution is 2.20. The molecule has 0 saturated carbocycles. The van der Waals surface area contributed by atoms with Gasteiger partial charge >= 0.3 is 0 Å². The average Bonchev–Trinajstić information content (AvgIpc) is 3.27. The topological polar surface area (TPSA) is 85.6 Å². The Kier molecular flexibility index (Phi) is 6.94. The van der Waals surface area contributed by atoms with Gasteiger partial charge in [-0.2, -0.15) is 0 Å². The van der Waals surface area contributed by atoms with Crippen LogP contribution in [-0.4, -0.2) is 36.6 Å². The summed E-state index contributed by atoms with van der Waals surface area (Å²) in [5, 5.41) is 21.7. The number of carbonyl (C=O) groups is 1. The smallest absolute Gasteiger partial charge is 0.236 e. The molecule has 3 aromatic rings. The van der Waals surface area contributed by atoms with E-state index in [1.54, 1.807) is 0 Å². The second kappa shape index (κ2) is 9.61. The fraction of sp³-hybridized carbons (Fsp3) is 0.389. The van der Waals surface area contributed by atoms with E-state index < -0.39 is 0 Å². The Balaban J connectivity index is 1.57. The zero-order chi connectivity index (χ0) is 19.1. The molecular formula is C18H22N6OS2. The van der Waals surface area contributed by atoms with Crippen molar-refractivity contribution >= 4 is 34.1 Å². The van der Waals surface area contributed by atoms with Gasteiger partial charge in [0, 0.05) is 19.4 Å². The molecule has 0 aliphatic carbocycles. The quantitative estimate of drug-likeness (QED) is 0.552. The van der Waals surface area contributed by atoms with Gasteiger partial charge in [0.25, 0.3) is 0 Å². The maximum atomic E-state index is 12.2. The van der Waals surface area contributed by atoms with Gasteiger partial charge in [0.2, 0.25) is 11.0 Å². The Morgan fingerprint density at radius 3 is 2.70 bits per heavy atom. The van der Waals surface area contributed by atoms with E-state index >= 15 is 0 Å². The molecule has 0 atom stereocenters. The van der Waals surface area contributed by atoms with Crippen molar-refractivity contribution in [1.82, 2.24) is 25.0 Å². The van der Waals surface area contributed by atoms with Crippen LogP contribution >= 0.6 is 23.1 Å². The Labute approximate surface area is 166 Å². The monoisotopic (exact) mass is 402 g/mol. The van der Waals surface area contributed by atoms with Crippen molar-refractivity contribution in [2.24, 2.45) is 0 Å². The van der Waals surface area contributed by atoms with Crippen LogP contribution in [0.4, 0.5) is 5.13 Å². The third-order valence-electron chi connectivity index (χ3n) is 3.82. The van der Waals surface area contributed by atoms with E-state index in [-0.39, 0.29) is 11.7 Å². The lowest BCUT2D eigenvalue weighted by Gasteiger charge is -2.07. The summed E-state index contributed by atoms with van der Waals surface area (Å²) in [6, 6.07) is 10.2. The van der Waals surface area contributed by atoms with Gasteiger partial charge in [-0.25, -0.2) is 0 Å². The number of hydrogen-bond acceptors (Lipinski definition) is 7. The van der Waals surface area contributed by atoms with Crippen molar-refractivity contribution < 1.29 is 4.79 Å². The van der Waals surface area contributed by atoms with Gasteiger partial charge in [0.15, 0.2) is 5.16 Å². The zero-order valence-corrected chi connectivity index (χ0v) is 17.0. The number of anilines is 1. The van der Waals surface area contributed by atoms with Crippen LogP contribution in [-0.2, 0) is 24.2 Å². The molecule has 142 valence electrons. The summed E-state index contributed by atoms with van der Waals surface area (Å²) in [6.45, 7) is 4.90. The normalized spacial score (nSPS) is 10.9. The minimum atomic E-state index is -0.116. The Morgan fingerprint density at radius 1 is 1.15 bits per heavy atom. The first-order chi connectivity index (χ1) is 13.2. The first-order valence-corrected chi connectivity index (χ1v) is 10.7. The van der Waals surface area contributed by atoms with E-state index in [9.17, 15) is 4.79 Å². The molecule has 1 aromatic carbocycles. The molecule has 1 N–H and O–H groups in total. The number of nitrogens with one attached hydrogen (secondary N) is 1. The molecule has 0 radical (unpaired) electrons. The zero-order valence-electron chi connectivity index (χ0n) is 15.4. The van der Waals surface area contributed by atoms with Crippen LogP contribution in [0.5, 0.6) is 0 Å². The average molecular weight is 403 g/mol. The fourth-order valence-electron chi connectivity index (χ4n) is 2.56. The first kappa shape index (κ1) is 19.5. The Morgan fingerprint density at radius 2 is 1.96 bits per heavy atom. The van der Waals surface area contributed by atoms with Gasteiger partial charge in [-0.3, -0.25) is 10.1 Å². The van der Waals surface area contributed by atoms with Crippen molar-refractivity contribution in [3.63, 3.8) is 0 Å². The summed E-state index contributed by atoms with van der Waals surface area (Å²) in [4.78, 5) is 12.2. The predicted octanol–water partition coefficient (Wildman–Crippen LogP) is 3.42. The summed E-state index contributed by atoms with van der Waals surface area (Å²) in [7, 11) is 0. The summed E-state index contributed by atoms with van der Waals surface area (Å²) < 4.78 is 2.05. The van der Waals surface area contributed by atoms with E-state index in [0.717, 1.165) is 41.8 Å². The molecule has 3 rings (SSSR count).